The van der Waals surface area contributed by atoms with Crippen molar-refractivity contribution in [2.45, 2.75) is 20.0 Å². The third-order valence-corrected chi connectivity index (χ3v) is 4.60. The van der Waals surface area contributed by atoms with E-state index in [9.17, 15) is 0 Å². The summed E-state index contributed by atoms with van der Waals surface area (Å²) < 4.78 is 1.97. The largest absolute Gasteiger partial charge is 0.390 e. The van der Waals surface area contributed by atoms with E-state index < -0.39 is 0 Å². The maximum absolute atomic E-state index is 8.96. The van der Waals surface area contributed by atoms with Crippen LogP contribution in [0.3, 0.4) is 0 Å². The smallest absolute Gasteiger partial charge is 0.171 e. The van der Waals surface area contributed by atoms with Crippen LogP contribution >= 0.6 is 0 Å². The SMILES string of the molecule is CCN(Cc1ccccc1)c1ccc(C=Cc2cc[n+](CCO)cc2)cc1. The van der Waals surface area contributed by atoms with Crippen molar-refractivity contribution in [2.24, 2.45) is 0 Å². The lowest BCUT2D eigenvalue weighted by atomic mass is 10.1. The lowest BCUT2D eigenvalue weighted by Crippen LogP contribution is -2.34. The highest BCUT2D eigenvalue weighted by Gasteiger charge is 2.05. The van der Waals surface area contributed by atoms with Crippen LogP contribution in [0.1, 0.15) is 23.6 Å². The summed E-state index contributed by atoms with van der Waals surface area (Å²) >= 11 is 0. The predicted molar refractivity (Wildman–Crippen MR) is 112 cm³/mol. The molecule has 3 aromatic rings. The Labute approximate surface area is 161 Å². The number of rotatable bonds is 8. The van der Waals surface area contributed by atoms with Crippen molar-refractivity contribution in [1.29, 1.82) is 0 Å². The van der Waals surface area contributed by atoms with Gasteiger partial charge in [-0.05, 0) is 35.7 Å². The van der Waals surface area contributed by atoms with Gasteiger partial charge in [-0.2, -0.15) is 0 Å². The number of aliphatic hydroxyl groups is 1. The van der Waals surface area contributed by atoms with Crippen molar-refractivity contribution in [3.05, 3.63) is 95.8 Å². The van der Waals surface area contributed by atoms with Crippen LogP contribution in [-0.2, 0) is 13.1 Å². The minimum Gasteiger partial charge on any atom is -0.390 e. The Morgan fingerprint density at radius 1 is 0.852 bits per heavy atom. The number of aliphatic hydroxyl groups excluding tert-OH is 1. The van der Waals surface area contributed by atoms with Gasteiger partial charge in [0.2, 0.25) is 0 Å². The van der Waals surface area contributed by atoms with Gasteiger partial charge < -0.3 is 10.0 Å². The van der Waals surface area contributed by atoms with Crippen LogP contribution in [0.2, 0.25) is 0 Å². The molecule has 0 radical (unpaired) electrons. The maximum atomic E-state index is 8.96. The second-order valence-corrected chi connectivity index (χ2v) is 6.52. The van der Waals surface area contributed by atoms with Gasteiger partial charge in [0.25, 0.3) is 0 Å². The number of benzene rings is 2. The van der Waals surface area contributed by atoms with Gasteiger partial charge in [0, 0.05) is 30.9 Å². The fourth-order valence-corrected chi connectivity index (χ4v) is 3.02. The fraction of sp³-hybridized carbons (Fsp3) is 0.208. The molecule has 27 heavy (non-hydrogen) atoms. The normalized spacial score (nSPS) is 11.0. The highest BCUT2D eigenvalue weighted by atomic mass is 16.3. The summed E-state index contributed by atoms with van der Waals surface area (Å²) in [7, 11) is 0. The number of aromatic nitrogens is 1. The van der Waals surface area contributed by atoms with E-state index in [4.69, 9.17) is 5.11 Å². The molecule has 3 rings (SSSR count). The van der Waals surface area contributed by atoms with Crippen LogP contribution in [0.25, 0.3) is 12.2 Å². The molecule has 0 aliphatic carbocycles. The summed E-state index contributed by atoms with van der Waals surface area (Å²) in [5.41, 5.74) is 4.89. The lowest BCUT2D eigenvalue weighted by Gasteiger charge is -2.23. The summed E-state index contributed by atoms with van der Waals surface area (Å²) in [6.45, 7) is 4.87. The summed E-state index contributed by atoms with van der Waals surface area (Å²) in [5.74, 6) is 0. The monoisotopic (exact) mass is 359 g/mol. The zero-order valence-corrected chi connectivity index (χ0v) is 15.8. The average Bonchev–Trinajstić information content (AvgIpc) is 2.73. The summed E-state index contributed by atoms with van der Waals surface area (Å²) in [4.78, 5) is 2.37. The van der Waals surface area contributed by atoms with Crippen LogP contribution in [0, 0.1) is 0 Å². The third kappa shape index (κ3) is 5.53. The standard InChI is InChI=1S/C24H27N2O/c1-2-26(20-23-6-4-3-5-7-23)24-12-10-21(11-13-24)8-9-22-14-16-25(17-15-22)18-19-27/h3-17,27H,2,18-20H2,1H3/q+1. The van der Waals surface area contributed by atoms with Gasteiger partial charge in [0.05, 0.1) is 0 Å². The van der Waals surface area contributed by atoms with Crippen molar-refractivity contribution in [1.82, 2.24) is 0 Å². The number of anilines is 1. The second-order valence-electron chi connectivity index (χ2n) is 6.52. The van der Waals surface area contributed by atoms with Crippen LogP contribution in [0.4, 0.5) is 5.69 Å². The fourth-order valence-electron chi connectivity index (χ4n) is 3.02. The van der Waals surface area contributed by atoms with Gasteiger partial charge in [0.15, 0.2) is 18.9 Å². The number of pyridine rings is 1. The molecule has 138 valence electrons. The predicted octanol–water partition coefficient (Wildman–Crippen LogP) is 4.16. The molecule has 0 fully saturated rings. The number of nitrogens with zero attached hydrogens (tertiary/aromatic N) is 2. The highest BCUT2D eigenvalue weighted by Crippen LogP contribution is 2.19. The Balaban J connectivity index is 1.65. The number of hydrogen-bond donors (Lipinski definition) is 1. The van der Waals surface area contributed by atoms with E-state index in [1.807, 2.05) is 17.0 Å². The molecular formula is C24H27N2O+. The highest BCUT2D eigenvalue weighted by molar-refractivity contribution is 5.70. The first-order valence-corrected chi connectivity index (χ1v) is 9.45. The molecule has 0 saturated carbocycles. The van der Waals surface area contributed by atoms with Gasteiger partial charge in [-0.1, -0.05) is 54.6 Å². The molecule has 0 amide bonds. The third-order valence-electron chi connectivity index (χ3n) is 4.60. The van der Waals surface area contributed by atoms with E-state index >= 15 is 0 Å². The zero-order chi connectivity index (χ0) is 18.9. The van der Waals surface area contributed by atoms with E-state index in [0.29, 0.717) is 6.54 Å². The molecule has 0 spiro atoms. The Morgan fingerprint density at radius 3 is 2.07 bits per heavy atom. The van der Waals surface area contributed by atoms with Crippen molar-refractivity contribution < 1.29 is 9.67 Å². The van der Waals surface area contributed by atoms with E-state index in [1.165, 1.54) is 16.8 Å². The first-order chi connectivity index (χ1) is 13.3. The average molecular weight is 359 g/mol. The quantitative estimate of drug-likeness (QED) is 0.612. The Kier molecular flexibility index (Phi) is 6.78. The van der Waals surface area contributed by atoms with Crippen LogP contribution < -0.4 is 9.47 Å². The van der Waals surface area contributed by atoms with E-state index in [-0.39, 0.29) is 6.61 Å². The van der Waals surface area contributed by atoms with E-state index in [1.54, 1.807) is 0 Å². The lowest BCUT2D eigenvalue weighted by molar-refractivity contribution is -0.698. The van der Waals surface area contributed by atoms with E-state index in [2.05, 4.69) is 90.7 Å². The Hall–Kier alpha value is -2.91. The Bertz CT molecular complexity index is 840. The molecular weight excluding hydrogens is 332 g/mol. The molecule has 1 heterocycles. The zero-order valence-electron chi connectivity index (χ0n) is 15.8. The van der Waals surface area contributed by atoms with Crippen molar-refractivity contribution in [2.75, 3.05) is 18.1 Å². The van der Waals surface area contributed by atoms with Gasteiger partial charge in [0.1, 0.15) is 6.61 Å². The molecule has 0 unspecified atom stereocenters. The molecule has 0 aliphatic rings. The molecule has 1 aromatic heterocycles. The van der Waals surface area contributed by atoms with Crippen molar-refractivity contribution >= 4 is 17.8 Å². The second kappa shape index (κ2) is 9.70. The first-order valence-electron chi connectivity index (χ1n) is 9.45. The van der Waals surface area contributed by atoms with Crippen molar-refractivity contribution in [3.8, 4) is 0 Å². The minimum absolute atomic E-state index is 0.158. The van der Waals surface area contributed by atoms with Crippen LogP contribution in [0.5, 0.6) is 0 Å². The summed E-state index contributed by atoms with van der Waals surface area (Å²) in [5, 5.41) is 8.96. The van der Waals surface area contributed by atoms with Crippen LogP contribution in [-0.4, -0.2) is 18.3 Å². The molecule has 2 aromatic carbocycles. The molecule has 0 aliphatic heterocycles. The van der Waals surface area contributed by atoms with Gasteiger partial charge in [-0.3, -0.25) is 0 Å². The summed E-state index contributed by atoms with van der Waals surface area (Å²) in [6.07, 6.45) is 8.21. The summed E-state index contributed by atoms with van der Waals surface area (Å²) in [6, 6.07) is 23.4. The molecule has 0 atom stereocenters. The molecule has 0 saturated heterocycles. The molecule has 0 bridgehead atoms. The first kappa shape index (κ1) is 18.9. The van der Waals surface area contributed by atoms with Gasteiger partial charge in [-0.15, -0.1) is 0 Å². The minimum atomic E-state index is 0.158. The molecule has 3 nitrogen and oxygen atoms in total. The molecule has 3 heteroatoms. The maximum Gasteiger partial charge on any atom is 0.171 e. The Morgan fingerprint density at radius 2 is 1.48 bits per heavy atom. The van der Waals surface area contributed by atoms with Gasteiger partial charge in [-0.25, -0.2) is 4.57 Å². The van der Waals surface area contributed by atoms with Crippen molar-refractivity contribution in [3.63, 3.8) is 0 Å². The van der Waals surface area contributed by atoms with E-state index in [0.717, 1.165) is 18.7 Å². The number of hydrogen-bond acceptors (Lipinski definition) is 2. The van der Waals surface area contributed by atoms with Gasteiger partial charge >= 0.3 is 0 Å². The van der Waals surface area contributed by atoms with Crippen LogP contribution in [0.15, 0.2) is 79.1 Å². The molecule has 1 N–H and O–H groups in total. The topological polar surface area (TPSA) is 27.4 Å².